The van der Waals surface area contributed by atoms with Crippen LogP contribution < -0.4 is 16.2 Å². The highest BCUT2D eigenvalue weighted by atomic mass is 32.1. The van der Waals surface area contributed by atoms with E-state index in [1.165, 1.54) is 11.3 Å². The zero-order valence-corrected chi connectivity index (χ0v) is 11.0. The molecule has 6 heteroatoms. The predicted octanol–water partition coefficient (Wildman–Crippen LogP) is 2.14. The van der Waals surface area contributed by atoms with Gasteiger partial charge in [-0.25, -0.2) is 4.98 Å². The number of fused-ring (bicyclic) bond motifs is 2. The molecule has 0 aliphatic rings. The molecule has 0 aliphatic carbocycles. The number of rotatable bonds is 2. The number of ether oxygens (including phenoxy) is 1. The van der Waals surface area contributed by atoms with Crippen molar-refractivity contribution in [1.82, 2.24) is 4.98 Å². The Bertz CT molecular complexity index is 810. The molecular weight excluding hydrogens is 262 g/mol. The molecule has 3 rings (SSSR count). The third-order valence-corrected chi connectivity index (χ3v) is 4.07. The lowest BCUT2D eigenvalue weighted by Crippen LogP contribution is -2.10. The Morgan fingerprint density at radius 2 is 2.16 bits per heavy atom. The first-order valence-corrected chi connectivity index (χ1v) is 6.38. The average Bonchev–Trinajstić information content (AvgIpc) is 2.73. The van der Waals surface area contributed by atoms with Gasteiger partial charge < -0.3 is 16.2 Å². The van der Waals surface area contributed by atoms with Crippen LogP contribution in [0.15, 0.2) is 24.3 Å². The van der Waals surface area contributed by atoms with Crippen molar-refractivity contribution in [3.8, 4) is 5.75 Å². The summed E-state index contributed by atoms with van der Waals surface area (Å²) in [5.41, 5.74) is 12.5. The number of thiophene rings is 1. The number of benzene rings is 1. The van der Waals surface area contributed by atoms with Crippen molar-refractivity contribution < 1.29 is 9.53 Å². The topological polar surface area (TPSA) is 91.2 Å². The first kappa shape index (κ1) is 11.7. The normalized spacial score (nSPS) is 11.0. The second-order valence-corrected chi connectivity index (χ2v) is 5.11. The van der Waals surface area contributed by atoms with Gasteiger partial charge in [0.05, 0.1) is 18.3 Å². The quantitative estimate of drug-likeness (QED) is 0.748. The van der Waals surface area contributed by atoms with Crippen molar-refractivity contribution >= 4 is 44.1 Å². The van der Waals surface area contributed by atoms with Crippen molar-refractivity contribution in [1.29, 1.82) is 0 Å². The maximum Gasteiger partial charge on any atom is 0.260 e. The van der Waals surface area contributed by atoms with Gasteiger partial charge in [0.2, 0.25) is 0 Å². The monoisotopic (exact) mass is 273 g/mol. The van der Waals surface area contributed by atoms with Gasteiger partial charge in [-0.2, -0.15) is 0 Å². The van der Waals surface area contributed by atoms with Crippen molar-refractivity contribution in [2.24, 2.45) is 5.73 Å². The molecule has 0 radical (unpaired) electrons. The third kappa shape index (κ3) is 1.77. The highest BCUT2D eigenvalue weighted by molar-refractivity contribution is 7.21. The number of aromatic nitrogens is 1. The standard InChI is InChI=1S/C13H11N3O2S/c1-18-7-2-3-9-6(4-7)5-8-10(14)11(12(15)17)19-13(8)16-9/h2-5H,14H2,1H3,(H2,15,17). The minimum Gasteiger partial charge on any atom is -0.497 e. The number of carbonyl (C=O) groups excluding carboxylic acids is 1. The van der Waals surface area contributed by atoms with E-state index in [-0.39, 0.29) is 0 Å². The van der Waals surface area contributed by atoms with Gasteiger partial charge in [0.15, 0.2) is 0 Å². The molecule has 96 valence electrons. The number of primary amides is 1. The van der Waals surface area contributed by atoms with Gasteiger partial charge in [0.1, 0.15) is 15.5 Å². The van der Waals surface area contributed by atoms with Crippen LogP contribution >= 0.6 is 11.3 Å². The average molecular weight is 273 g/mol. The van der Waals surface area contributed by atoms with E-state index in [1.54, 1.807) is 7.11 Å². The van der Waals surface area contributed by atoms with E-state index in [1.807, 2.05) is 24.3 Å². The highest BCUT2D eigenvalue weighted by Crippen LogP contribution is 2.34. The number of pyridine rings is 1. The van der Waals surface area contributed by atoms with Crippen LogP contribution in [0, 0.1) is 0 Å². The lowest BCUT2D eigenvalue weighted by molar-refractivity contribution is 0.100. The fourth-order valence-electron chi connectivity index (χ4n) is 1.99. The van der Waals surface area contributed by atoms with Crippen LogP contribution in [0.25, 0.3) is 21.1 Å². The van der Waals surface area contributed by atoms with Gasteiger partial charge in [-0.05, 0) is 24.3 Å². The molecule has 19 heavy (non-hydrogen) atoms. The van der Waals surface area contributed by atoms with Crippen molar-refractivity contribution in [3.63, 3.8) is 0 Å². The molecule has 0 spiro atoms. The molecule has 0 unspecified atom stereocenters. The van der Waals surface area contributed by atoms with Crippen LogP contribution in [0.5, 0.6) is 5.75 Å². The number of carbonyl (C=O) groups is 1. The molecule has 0 bridgehead atoms. The Hall–Kier alpha value is -2.34. The van der Waals surface area contributed by atoms with Crippen LogP contribution in [0.1, 0.15) is 9.67 Å². The van der Waals surface area contributed by atoms with E-state index in [2.05, 4.69) is 4.98 Å². The van der Waals surface area contributed by atoms with Crippen LogP contribution in [0.4, 0.5) is 5.69 Å². The summed E-state index contributed by atoms with van der Waals surface area (Å²) in [4.78, 5) is 16.8. The van der Waals surface area contributed by atoms with Crippen LogP contribution in [-0.4, -0.2) is 18.0 Å². The summed E-state index contributed by atoms with van der Waals surface area (Å²) in [6.07, 6.45) is 0. The molecule has 2 aromatic heterocycles. The van der Waals surface area contributed by atoms with E-state index in [9.17, 15) is 4.79 Å². The second-order valence-electron chi connectivity index (χ2n) is 4.11. The van der Waals surface area contributed by atoms with E-state index in [4.69, 9.17) is 16.2 Å². The second kappa shape index (κ2) is 4.10. The third-order valence-electron chi connectivity index (χ3n) is 2.94. The largest absolute Gasteiger partial charge is 0.497 e. The molecule has 0 aliphatic heterocycles. The summed E-state index contributed by atoms with van der Waals surface area (Å²) in [6, 6.07) is 7.49. The summed E-state index contributed by atoms with van der Waals surface area (Å²) in [6.45, 7) is 0. The fourth-order valence-corrected chi connectivity index (χ4v) is 2.93. The molecule has 0 saturated carbocycles. The van der Waals surface area contributed by atoms with E-state index in [0.717, 1.165) is 22.0 Å². The Labute approximate surface area is 112 Å². The molecule has 1 amide bonds. The van der Waals surface area contributed by atoms with Crippen LogP contribution in [0.3, 0.4) is 0 Å². The number of nitrogens with two attached hydrogens (primary N) is 2. The maximum atomic E-state index is 11.3. The summed E-state index contributed by atoms with van der Waals surface area (Å²) in [5, 5.41) is 1.66. The Morgan fingerprint density at radius 1 is 1.37 bits per heavy atom. The minimum atomic E-state index is -0.526. The molecule has 4 N–H and O–H groups in total. The number of hydrogen-bond acceptors (Lipinski definition) is 5. The number of amides is 1. The summed E-state index contributed by atoms with van der Waals surface area (Å²) in [5.74, 6) is 0.222. The molecule has 0 saturated heterocycles. The van der Waals surface area contributed by atoms with E-state index < -0.39 is 5.91 Å². The number of hydrogen-bond donors (Lipinski definition) is 2. The maximum absolute atomic E-state index is 11.3. The Kier molecular flexibility index (Phi) is 2.53. The smallest absolute Gasteiger partial charge is 0.260 e. The minimum absolute atomic E-state index is 0.352. The van der Waals surface area contributed by atoms with E-state index in [0.29, 0.717) is 15.4 Å². The summed E-state index contributed by atoms with van der Waals surface area (Å²) in [7, 11) is 1.61. The number of nitrogens with zero attached hydrogens (tertiary/aromatic N) is 1. The summed E-state index contributed by atoms with van der Waals surface area (Å²) >= 11 is 1.21. The number of nitrogen functional groups attached to an aromatic ring is 1. The Morgan fingerprint density at radius 3 is 2.84 bits per heavy atom. The zero-order valence-electron chi connectivity index (χ0n) is 10.1. The first-order valence-electron chi connectivity index (χ1n) is 5.56. The highest BCUT2D eigenvalue weighted by Gasteiger charge is 2.15. The number of anilines is 1. The van der Waals surface area contributed by atoms with Crippen molar-refractivity contribution in [2.45, 2.75) is 0 Å². The van der Waals surface area contributed by atoms with Gasteiger partial charge in [-0.1, -0.05) is 0 Å². The molecule has 3 aromatic rings. The molecule has 5 nitrogen and oxygen atoms in total. The number of methoxy groups -OCH3 is 1. The van der Waals surface area contributed by atoms with Gasteiger partial charge in [0.25, 0.3) is 5.91 Å². The SMILES string of the molecule is COc1ccc2nc3sc(C(N)=O)c(N)c3cc2c1. The molecule has 0 atom stereocenters. The Balaban J connectivity index is 2.35. The molecule has 0 fully saturated rings. The van der Waals surface area contributed by atoms with E-state index >= 15 is 0 Å². The first-order chi connectivity index (χ1) is 9.10. The van der Waals surface area contributed by atoms with Crippen LogP contribution in [0.2, 0.25) is 0 Å². The predicted molar refractivity (Wildman–Crippen MR) is 76.6 cm³/mol. The summed E-state index contributed by atoms with van der Waals surface area (Å²) < 4.78 is 5.18. The molecule has 1 aromatic carbocycles. The van der Waals surface area contributed by atoms with Gasteiger partial charge in [0, 0.05) is 10.8 Å². The fraction of sp³-hybridized carbons (Fsp3) is 0.0769. The van der Waals surface area contributed by atoms with Gasteiger partial charge >= 0.3 is 0 Å². The van der Waals surface area contributed by atoms with Gasteiger partial charge in [-0.3, -0.25) is 4.79 Å². The molecule has 2 heterocycles. The van der Waals surface area contributed by atoms with Crippen molar-refractivity contribution in [3.05, 3.63) is 29.1 Å². The lowest BCUT2D eigenvalue weighted by Gasteiger charge is -2.02. The van der Waals surface area contributed by atoms with Crippen LogP contribution in [-0.2, 0) is 0 Å². The van der Waals surface area contributed by atoms with Gasteiger partial charge in [-0.15, -0.1) is 11.3 Å². The lowest BCUT2D eigenvalue weighted by atomic mass is 10.1. The zero-order chi connectivity index (χ0) is 13.6. The van der Waals surface area contributed by atoms with Crippen molar-refractivity contribution in [2.75, 3.05) is 12.8 Å². The molecular formula is C13H11N3O2S.